The molecule has 5 heteroatoms. The van der Waals surface area contributed by atoms with Crippen LogP contribution in [0.3, 0.4) is 0 Å². The fraction of sp³-hybridized carbons (Fsp3) is 0.750. The van der Waals surface area contributed by atoms with Crippen LogP contribution >= 0.6 is 0 Å². The van der Waals surface area contributed by atoms with Gasteiger partial charge in [0.2, 0.25) is 0 Å². The van der Waals surface area contributed by atoms with E-state index in [9.17, 15) is 0 Å². The van der Waals surface area contributed by atoms with E-state index in [4.69, 9.17) is 18.6 Å². The molecule has 13 heavy (non-hydrogen) atoms. The lowest BCUT2D eigenvalue weighted by molar-refractivity contribution is -0.0537. The smallest absolute Gasteiger partial charge is 0.380 e. The maximum atomic E-state index is 5.33. The highest BCUT2D eigenvalue weighted by Crippen LogP contribution is 2.05. The standard InChI is InChI=1S/C8H16O4Si/c1-6(2)7(9-3)12-13-8(10-4)11-5/h8H,1-5H3. The van der Waals surface area contributed by atoms with Crippen molar-refractivity contribution in [1.82, 2.24) is 0 Å². The van der Waals surface area contributed by atoms with Crippen LogP contribution in [0.4, 0.5) is 0 Å². The molecule has 0 aromatic carbocycles. The zero-order valence-electron chi connectivity index (χ0n) is 8.71. The topological polar surface area (TPSA) is 36.9 Å². The lowest BCUT2D eigenvalue weighted by Gasteiger charge is -2.14. The average molecular weight is 204 g/mol. The van der Waals surface area contributed by atoms with Crippen LogP contribution in [0.15, 0.2) is 11.5 Å². The van der Waals surface area contributed by atoms with Gasteiger partial charge in [-0.05, 0) is 13.8 Å². The Morgan fingerprint density at radius 2 is 1.62 bits per heavy atom. The molecular weight excluding hydrogens is 188 g/mol. The summed E-state index contributed by atoms with van der Waals surface area (Å²) in [7, 11) is 4.78. The molecule has 0 aliphatic carbocycles. The Morgan fingerprint density at radius 1 is 1.08 bits per heavy atom. The average Bonchev–Trinajstić information content (AvgIpc) is 2.12. The molecule has 0 aromatic rings. The van der Waals surface area contributed by atoms with Crippen LogP contribution in [0.2, 0.25) is 0 Å². The van der Waals surface area contributed by atoms with Gasteiger partial charge in [-0.25, -0.2) is 0 Å². The van der Waals surface area contributed by atoms with Gasteiger partial charge in [-0.2, -0.15) is 0 Å². The first-order chi connectivity index (χ1) is 6.15. The molecular formula is C8H16O4Si. The van der Waals surface area contributed by atoms with Gasteiger partial charge < -0.3 is 18.6 Å². The van der Waals surface area contributed by atoms with Crippen LogP contribution < -0.4 is 0 Å². The second-order valence-corrected chi connectivity index (χ2v) is 3.43. The van der Waals surface area contributed by atoms with Gasteiger partial charge in [0.15, 0.2) is 5.91 Å². The van der Waals surface area contributed by atoms with E-state index in [0.717, 1.165) is 5.57 Å². The molecule has 2 radical (unpaired) electrons. The van der Waals surface area contributed by atoms with Gasteiger partial charge in [0.05, 0.1) is 7.11 Å². The van der Waals surface area contributed by atoms with Gasteiger partial charge in [-0.15, -0.1) is 0 Å². The number of rotatable bonds is 6. The summed E-state index contributed by atoms with van der Waals surface area (Å²) in [5.74, 6) is 0.196. The molecule has 0 aliphatic heterocycles. The van der Waals surface area contributed by atoms with Crippen molar-refractivity contribution in [3.8, 4) is 0 Å². The number of hydrogen-bond donors (Lipinski definition) is 0. The van der Waals surface area contributed by atoms with Crippen molar-refractivity contribution in [2.45, 2.75) is 19.8 Å². The summed E-state index contributed by atoms with van der Waals surface area (Å²) in [5.41, 5.74) is 0.987. The molecule has 0 rings (SSSR count). The lowest BCUT2D eigenvalue weighted by atomic mass is 10.4. The maximum absolute atomic E-state index is 5.33. The highest BCUT2D eigenvalue weighted by atomic mass is 28.2. The molecule has 4 nitrogen and oxygen atoms in total. The third-order valence-corrected chi connectivity index (χ3v) is 2.24. The summed E-state index contributed by atoms with van der Waals surface area (Å²) in [6, 6.07) is 0. The van der Waals surface area contributed by atoms with Crippen LogP contribution in [0.1, 0.15) is 13.8 Å². The van der Waals surface area contributed by atoms with E-state index in [1.807, 2.05) is 13.8 Å². The Hall–Kier alpha value is -0.523. The molecule has 0 N–H and O–H groups in total. The first kappa shape index (κ1) is 12.5. The minimum Gasteiger partial charge on any atom is -0.510 e. The zero-order chi connectivity index (χ0) is 10.3. The van der Waals surface area contributed by atoms with Crippen molar-refractivity contribution < 1.29 is 18.6 Å². The van der Waals surface area contributed by atoms with Crippen molar-refractivity contribution in [3.05, 3.63) is 11.5 Å². The number of methoxy groups -OCH3 is 3. The molecule has 0 fully saturated rings. The van der Waals surface area contributed by atoms with Gasteiger partial charge >= 0.3 is 9.76 Å². The van der Waals surface area contributed by atoms with Crippen molar-refractivity contribution >= 4 is 9.76 Å². The highest BCUT2D eigenvalue weighted by Gasteiger charge is 2.12. The van der Waals surface area contributed by atoms with E-state index in [2.05, 4.69) is 0 Å². The number of hydrogen-bond acceptors (Lipinski definition) is 4. The number of ether oxygens (including phenoxy) is 3. The summed E-state index contributed by atoms with van der Waals surface area (Å²) in [6.45, 7) is 3.83. The van der Waals surface area contributed by atoms with Gasteiger partial charge in [-0.3, -0.25) is 0 Å². The van der Waals surface area contributed by atoms with Crippen molar-refractivity contribution in [1.29, 1.82) is 0 Å². The number of allylic oxidation sites excluding steroid dienone is 1. The molecule has 0 heterocycles. The lowest BCUT2D eigenvalue weighted by Crippen LogP contribution is -2.24. The largest absolute Gasteiger partial charge is 0.510 e. The molecule has 0 saturated carbocycles. The SMILES string of the molecule is COC(O[Si]C(OC)OC)=C(C)C. The Balaban J connectivity index is 3.92. The fourth-order valence-electron chi connectivity index (χ4n) is 0.642. The second-order valence-electron chi connectivity index (χ2n) is 2.51. The van der Waals surface area contributed by atoms with Gasteiger partial charge in [-0.1, -0.05) is 0 Å². The van der Waals surface area contributed by atoms with Crippen LogP contribution in [0.5, 0.6) is 0 Å². The Labute approximate surface area is 81.8 Å². The van der Waals surface area contributed by atoms with Crippen LogP contribution in [-0.4, -0.2) is 37.0 Å². The third-order valence-electron chi connectivity index (χ3n) is 1.27. The summed E-state index contributed by atoms with van der Waals surface area (Å²) in [5, 5.41) is 0. The normalized spacial score (nSPS) is 10.0. The maximum Gasteiger partial charge on any atom is 0.380 e. The van der Waals surface area contributed by atoms with E-state index in [1.165, 1.54) is 0 Å². The third kappa shape index (κ3) is 4.92. The van der Waals surface area contributed by atoms with E-state index in [0.29, 0.717) is 5.95 Å². The first-order valence-corrected chi connectivity index (χ1v) is 4.83. The predicted molar refractivity (Wildman–Crippen MR) is 50.0 cm³/mol. The zero-order valence-corrected chi connectivity index (χ0v) is 9.71. The molecule has 0 unspecified atom stereocenters. The Kier molecular flexibility index (Phi) is 6.66. The monoisotopic (exact) mass is 204 g/mol. The van der Waals surface area contributed by atoms with Crippen molar-refractivity contribution in [3.63, 3.8) is 0 Å². The van der Waals surface area contributed by atoms with E-state index < -0.39 is 0 Å². The first-order valence-electron chi connectivity index (χ1n) is 3.85. The molecule has 0 aromatic heterocycles. The molecule has 0 atom stereocenters. The van der Waals surface area contributed by atoms with Gasteiger partial charge in [0.25, 0.3) is 5.95 Å². The minimum atomic E-state index is -0.329. The Morgan fingerprint density at radius 3 is 1.92 bits per heavy atom. The molecule has 0 amide bonds. The summed E-state index contributed by atoms with van der Waals surface area (Å²) >= 11 is 0. The van der Waals surface area contributed by atoms with Crippen LogP contribution in [0.25, 0.3) is 0 Å². The van der Waals surface area contributed by atoms with Crippen molar-refractivity contribution in [2.24, 2.45) is 0 Å². The molecule has 0 spiro atoms. The summed E-state index contributed by atoms with van der Waals surface area (Å²) in [4.78, 5) is 0. The summed E-state index contributed by atoms with van der Waals surface area (Å²) in [6.07, 6.45) is 0. The second kappa shape index (κ2) is 6.94. The van der Waals surface area contributed by atoms with E-state index in [1.54, 1.807) is 21.3 Å². The minimum absolute atomic E-state index is 0.0760. The van der Waals surface area contributed by atoms with E-state index in [-0.39, 0.29) is 15.7 Å². The fourth-order valence-corrected chi connectivity index (χ4v) is 1.33. The van der Waals surface area contributed by atoms with Crippen LogP contribution in [0, 0.1) is 0 Å². The van der Waals surface area contributed by atoms with Gasteiger partial charge in [0, 0.05) is 19.8 Å². The molecule has 0 bridgehead atoms. The quantitative estimate of drug-likeness (QED) is 0.369. The van der Waals surface area contributed by atoms with Gasteiger partial charge in [0.1, 0.15) is 0 Å². The molecule has 0 aliphatic rings. The Bertz CT molecular complexity index is 162. The van der Waals surface area contributed by atoms with E-state index >= 15 is 0 Å². The molecule has 76 valence electrons. The highest BCUT2D eigenvalue weighted by molar-refractivity contribution is 6.28. The van der Waals surface area contributed by atoms with Crippen LogP contribution in [-0.2, 0) is 18.6 Å². The summed E-state index contributed by atoms with van der Waals surface area (Å²) < 4.78 is 20.3. The molecule has 0 saturated heterocycles. The predicted octanol–water partition coefficient (Wildman–Crippen LogP) is 1.10. The van der Waals surface area contributed by atoms with Crippen molar-refractivity contribution in [2.75, 3.05) is 21.3 Å².